The van der Waals surface area contributed by atoms with E-state index in [0.29, 0.717) is 6.61 Å². The van der Waals surface area contributed by atoms with Gasteiger partial charge in [-0.2, -0.15) is 0 Å². The van der Waals surface area contributed by atoms with Gasteiger partial charge in [-0.15, -0.1) is 0 Å². The van der Waals surface area contributed by atoms with Gasteiger partial charge in [0.1, 0.15) is 5.75 Å². The largest absolute Gasteiger partial charge is 0.492 e. The lowest BCUT2D eigenvalue weighted by atomic mass is 10.3. The van der Waals surface area contributed by atoms with Gasteiger partial charge >= 0.3 is 0 Å². The van der Waals surface area contributed by atoms with E-state index in [-0.39, 0.29) is 0 Å². The summed E-state index contributed by atoms with van der Waals surface area (Å²) in [6.07, 6.45) is 0.906. The van der Waals surface area contributed by atoms with Crippen LogP contribution in [0.3, 0.4) is 0 Å². The summed E-state index contributed by atoms with van der Waals surface area (Å²) >= 11 is 3.41. The standard InChI is InChI=1S/C12H18BrNO2/c1-3-15-7-4-8-16-12-6-5-10(2)14-11(12)9-13/h5-6H,3-4,7-9H2,1-2H3. The van der Waals surface area contributed by atoms with Gasteiger partial charge in [-0.3, -0.25) is 4.98 Å². The molecule has 0 aliphatic carbocycles. The minimum Gasteiger partial charge on any atom is -0.492 e. The highest BCUT2D eigenvalue weighted by Gasteiger charge is 2.04. The Hall–Kier alpha value is -0.610. The van der Waals surface area contributed by atoms with E-state index in [2.05, 4.69) is 20.9 Å². The maximum Gasteiger partial charge on any atom is 0.141 e. The minimum atomic E-state index is 0.671. The highest BCUT2D eigenvalue weighted by atomic mass is 79.9. The van der Waals surface area contributed by atoms with E-state index in [0.717, 1.165) is 42.1 Å². The lowest BCUT2D eigenvalue weighted by Crippen LogP contribution is -2.05. The van der Waals surface area contributed by atoms with E-state index in [9.17, 15) is 0 Å². The lowest BCUT2D eigenvalue weighted by molar-refractivity contribution is 0.130. The van der Waals surface area contributed by atoms with Gasteiger partial charge in [-0.1, -0.05) is 15.9 Å². The van der Waals surface area contributed by atoms with Gasteiger partial charge in [0.15, 0.2) is 0 Å². The highest BCUT2D eigenvalue weighted by molar-refractivity contribution is 9.08. The normalized spacial score (nSPS) is 10.4. The highest BCUT2D eigenvalue weighted by Crippen LogP contribution is 2.19. The molecule has 0 saturated heterocycles. The van der Waals surface area contributed by atoms with E-state index >= 15 is 0 Å². The first-order valence-electron chi connectivity index (χ1n) is 5.51. The van der Waals surface area contributed by atoms with Crippen LogP contribution in [0.15, 0.2) is 12.1 Å². The van der Waals surface area contributed by atoms with Crippen LogP contribution in [0.5, 0.6) is 5.75 Å². The third kappa shape index (κ3) is 4.49. The first-order chi connectivity index (χ1) is 7.77. The second-order valence-corrected chi connectivity index (χ2v) is 3.99. The van der Waals surface area contributed by atoms with Crippen molar-refractivity contribution in [1.29, 1.82) is 0 Å². The number of pyridine rings is 1. The zero-order valence-electron chi connectivity index (χ0n) is 9.83. The number of ether oxygens (including phenoxy) is 2. The summed E-state index contributed by atoms with van der Waals surface area (Å²) in [5.41, 5.74) is 1.97. The fourth-order valence-corrected chi connectivity index (χ4v) is 1.71. The number of aromatic nitrogens is 1. The van der Waals surface area contributed by atoms with Crippen molar-refractivity contribution in [3.8, 4) is 5.75 Å². The summed E-state index contributed by atoms with van der Waals surface area (Å²) in [4.78, 5) is 4.40. The van der Waals surface area contributed by atoms with Crippen molar-refractivity contribution in [3.63, 3.8) is 0 Å². The van der Waals surface area contributed by atoms with Gasteiger partial charge in [-0.05, 0) is 26.0 Å². The number of aryl methyl sites for hydroxylation is 1. The molecule has 3 nitrogen and oxygen atoms in total. The smallest absolute Gasteiger partial charge is 0.141 e. The summed E-state index contributed by atoms with van der Waals surface area (Å²) in [6.45, 7) is 6.15. The molecule has 0 saturated carbocycles. The Labute approximate surface area is 105 Å². The van der Waals surface area contributed by atoms with Crippen LogP contribution in [0.2, 0.25) is 0 Å². The molecule has 0 radical (unpaired) electrons. The quantitative estimate of drug-likeness (QED) is 0.570. The Morgan fingerprint density at radius 1 is 1.31 bits per heavy atom. The van der Waals surface area contributed by atoms with Crippen LogP contribution in [0.1, 0.15) is 24.7 Å². The number of rotatable bonds is 7. The Morgan fingerprint density at radius 2 is 2.12 bits per heavy atom. The Balaban J connectivity index is 2.41. The second-order valence-electron chi connectivity index (χ2n) is 3.43. The predicted molar refractivity (Wildman–Crippen MR) is 68.2 cm³/mol. The van der Waals surface area contributed by atoms with Crippen LogP contribution in [0.4, 0.5) is 0 Å². The van der Waals surface area contributed by atoms with Gasteiger partial charge in [0.25, 0.3) is 0 Å². The van der Waals surface area contributed by atoms with Crippen molar-refractivity contribution in [2.24, 2.45) is 0 Å². The fourth-order valence-electron chi connectivity index (χ4n) is 1.31. The Kier molecular flexibility index (Phi) is 6.42. The molecule has 0 fully saturated rings. The van der Waals surface area contributed by atoms with Gasteiger partial charge in [0.05, 0.1) is 12.3 Å². The summed E-state index contributed by atoms with van der Waals surface area (Å²) in [6, 6.07) is 3.93. The number of hydrogen-bond acceptors (Lipinski definition) is 3. The molecular weight excluding hydrogens is 270 g/mol. The van der Waals surface area contributed by atoms with E-state index in [1.54, 1.807) is 0 Å². The second kappa shape index (κ2) is 7.63. The summed E-state index contributed by atoms with van der Waals surface area (Å²) < 4.78 is 10.9. The molecular formula is C12H18BrNO2. The molecule has 90 valence electrons. The van der Waals surface area contributed by atoms with Gasteiger partial charge in [0.2, 0.25) is 0 Å². The molecule has 0 atom stereocenters. The average molecular weight is 288 g/mol. The summed E-state index contributed by atoms with van der Waals surface area (Å²) in [5.74, 6) is 0.860. The zero-order valence-corrected chi connectivity index (χ0v) is 11.4. The number of hydrogen-bond donors (Lipinski definition) is 0. The lowest BCUT2D eigenvalue weighted by Gasteiger charge is -2.09. The van der Waals surface area contributed by atoms with Crippen molar-refractivity contribution in [2.75, 3.05) is 19.8 Å². The molecule has 1 heterocycles. The van der Waals surface area contributed by atoms with Gasteiger partial charge in [-0.25, -0.2) is 0 Å². The monoisotopic (exact) mass is 287 g/mol. The molecule has 0 bridgehead atoms. The van der Waals surface area contributed by atoms with Crippen molar-refractivity contribution >= 4 is 15.9 Å². The van der Waals surface area contributed by atoms with Crippen molar-refractivity contribution in [3.05, 3.63) is 23.5 Å². The van der Waals surface area contributed by atoms with Crippen LogP contribution >= 0.6 is 15.9 Å². The maximum absolute atomic E-state index is 5.66. The third-order valence-corrected chi connectivity index (χ3v) is 2.62. The third-order valence-electron chi connectivity index (χ3n) is 2.09. The van der Waals surface area contributed by atoms with Crippen LogP contribution in [-0.2, 0) is 10.1 Å². The molecule has 4 heteroatoms. The van der Waals surface area contributed by atoms with Crippen molar-refractivity contribution in [2.45, 2.75) is 25.6 Å². The topological polar surface area (TPSA) is 31.4 Å². The molecule has 0 spiro atoms. The van der Waals surface area contributed by atoms with E-state index in [1.807, 2.05) is 26.0 Å². The first kappa shape index (κ1) is 13.5. The molecule has 0 amide bonds. The van der Waals surface area contributed by atoms with E-state index < -0.39 is 0 Å². The molecule has 0 aliphatic rings. The van der Waals surface area contributed by atoms with Gasteiger partial charge in [0, 0.05) is 30.7 Å². The SMILES string of the molecule is CCOCCCOc1ccc(C)nc1CBr. The number of nitrogens with zero attached hydrogens (tertiary/aromatic N) is 1. The van der Waals surface area contributed by atoms with Crippen LogP contribution in [0, 0.1) is 6.92 Å². The number of halogens is 1. The van der Waals surface area contributed by atoms with Gasteiger partial charge < -0.3 is 9.47 Å². The molecule has 1 aromatic rings. The maximum atomic E-state index is 5.66. The fraction of sp³-hybridized carbons (Fsp3) is 0.583. The Bertz CT molecular complexity index is 318. The molecule has 16 heavy (non-hydrogen) atoms. The summed E-state index contributed by atoms with van der Waals surface area (Å²) in [7, 11) is 0. The van der Waals surface area contributed by atoms with Crippen molar-refractivity contribution < 1.29 is 9.47 Å². The van der Waals surface area contributed by atoms with Crippen molar-refractivity contribution in [1.82, 2.24) is 4.98 Å². The molecule has 1 rings (SSSR count). The molecule has 1 aromatic heterocycles. The molecule has 0 N–H and O–H groups in total. The van der Waals surface area contributed by atoms with Crippen LogP contribution in [-0.4, -0.2) is 24.8 Å². The molecule has 0 unspecified atom stereocenters. The first-order valence-corrected chi connectivity index (χ1v) is 6.63. The predicted octanol–water partition coefficient (Wildman–Crippen LogP) is 3.09. The zero-order chi connectivity index (χ0) is 11.8. The van der Waals surface area contributed by atoms with Crippen LogP contribution in [0.25, 0.3) is 0 Å². The van der Waals surface area contributed by atoms with E-state index in [4.69, 9.17) is 9.47 Å². The van der Waals surface area contributed by atoms with E-state index in [1.165, 1.54) is 0 Å². The minimum absolute atomic E-state index is 0.671. The molecule has 0 aliphatic heterocycles. The average Bonchev–Trinajstić information content (AvgIpc) is 2.30. The number of alkyl halides is 1. The van der Waals surface area contributed by atoms with Crippen LogP contribution < -0.4 is 4.74 Å². The molecule has 0 aromatic carbocycles. The Morgan fingerprint density at radius 3 is 2.81 bits per heavy atom. The summed E-state index contributed by atoms with van der Waals surface area (Å²) in [5, 5.41) is 0.718.